The van der Waals surface area contributed by atoms with Crippen LogP contribution >= 0.6 is 34.8 Å². The molecule has 0 aliphatic rings. The molecule has 2 unspecified atom stereocenters. The molecule has 0 saturated carbocycles. The van der Waals surface area contributed by atoms with Gasteiger partial charge in [-0.05, 0) is 38.4 Å². The maximum absolute atomic E-state index is 9.17. The first-order valence-corrected chi connectivity index (χ1v) is 6.61. The van der Waals surface area contributed by atoms with Gasteiger partial charge in [-0.3, -0.25) is 0 Å². The van der Waals surface area contributed by atoms with Crippen molar-refractivity contribution < 1.29 is 5.11 Å². The van der Waals surface area contributed by atoms with Gasteiger partial charge in [0.05, 0.1) is 21.2 Å². The Kier molecular flexibility index (Phi) is 6.04. The maximum atomic E-state index is 9.17. The number of hydrogen-bond acceptors (Lipinski definition) is 2. The van der Waals surface area contributed by atoms with Gasteiger partial charge in [-0.2, -0.15) is 0 Å². The number of halogens is 3. The summed E-state index contributed by atoms with van der Waals surface area (Å²) in [5.41, 5.74) is 0.909. The summed E-state index contributed by atoms with van der Waals surface area (Å²) in [4.78, 5) is 0. The third-order valence-corrected chi connectivity index (χ3v) is 3.85. The third-order valence-electron chi connectivity index (χ3n) is 2.54. The van der Waals surface area contributed by atoms with E-state index in [1.807, 2.05) is 13.0 Å². The Morgan fingerprint density at radius 3 is 2.41 bits per heavy atom. The maximum Gasteiger partial charge on any atom is 0.0781 e. The van der Waals surface area contributed by atoms with Gasteiger partial charge in [0.25, 0.3) is 0 Å². The number of rotatable bonds is 5. The third kappa shape index (κ3) is 4.31. The van der Waals surface area contributed by atoms with Crippen LogP contribution in [0.25, 0.3) is 0 Å². The number of aliphatic hydroxyl groups excluding tert-OH is 1. The van der Waals surface area contributed by atoms with E-state index in [1.54, 1.807) is 13.0 Å². The van der Waals surface area contributed by atoms with E-state index in [0.29, 0.717) is 21.5 Å². The van der Waals surface area contributed by atoms with Crippen molar-refractivity contribution in [3.8, 4) is 0 Å². The highest BCUT2D eigenvalue weighted by molar-refractivity contribution is 6.48. The second-order valence-electron chi connectivity index (χ2n) is 4.08. The van der Waals surface area contributed by atoms with Crippen LogP contribution in [0.1, 0.15) is 31.9 Å². The fraction of sp³-hybridized carbons (Fsp3) is 0.500. The summed E-state index contributed by atoms with van der Waals surface area (Å²) in [5.74, 6) is 0. The average molecular weight is 297 g/mol. The minimum Gasteiger partial charge on any atom is -0.393 e. The van der Waals surface area contributed by atoms with Gasteiger partial charge in [0.1, 0.15) is 0 Å². The van der Waals surface area contributed by atoms with Crippen LogP contribution in [0, 0.1) is 0 Å². The second kappa shape index (κ2) is 6.81. The van der Waals surface area contributed by atoms with Crippen LogP contribution in [-0.4, -0.2) is 17.8 Å². The van der Waals surface area contributed by atoms with E-state index < -0.39 is 0 Å². The molecule has 2 N–H and O–H groups in total. The fourth-order valence-corrected chi connectivity index (χ4v) is 2.20. The highest BCUT2D eigenvalue weighted by atomic mass is 35.5. The number of aliphatic hydroxyl groups is 1. The molecule has 2 atom stereocenters. The molecule has 0 aliphatic heterocycles. The van der Waals surface area contributed by atoms with Gasteiger partial charge in [-0.15, -0.1) is 0 Å². The molecule has 0 radical (unpaired) electrons. The lowest BCUT2D eigenvalue weighted by atomic mass is 10.1. The molecule has 5 heteroatoms. The van der Waals surface area contributed by atoms with Crippen LogP contribution in [0.3, 0.4) is 0 Å². The van der Waals surface area contributed by atoms with Gasteiger partial charge in [0.2, 0.25) is 0 Å². The van der Waals surface area contributed by atoms with Crippen molar-refractivity contribution in [2.24, 2.45) is 0 Å². The topological polar surface area (TPSA) is 32.3 Å². The van der Waals surface area contributed by atoms with Crippen LogP contribution in [-0.2, 0) is 0 Å². The number of nitrogens with one attached hydrogen (secondary N) is 1. The molecule has 0 spiro atoms. The van der Waals surface area contributed by atoms with E-state index in [0.717, 1.165) is 12.1 Å². The molecule has 0 heterocycles. The van der Waals surface area contributed by atoms with Gasteiger partial charge in [-0.1, -0.05) is 40.9 Å². The fourth-order valence-electron chi connectivity index (χ4n) is 1.49. The predicted molar refractivity (Wildman–Crippen MR) is 74.2 cm³/mol. The average Bonchev–Trinajstić information content (AvgIpc) is 2.25. The van der Waals surface area contributed by atoms with Crippen LogP contribution < -0.4 is 5.32 Å². The van der Waals surface area contributed by atoms with E-state index in [9.17, 15) is 0 Å². The molecule has 1 aromatic rings. The van der Waals surface area contributed by atoms with Crippen molar-refractivity contribution >= 4 is 34.8 Å². The first-order valence-electron chi connectivity index (χ1n) is 5.48. The zero-order chi connectivity index (χ0) is 13.0. The highest BCUT2D eigenvalue weighted by Crippen LogP contribution is 2.35. The van der Waals surface area contributed by atoms with E-state index in [2.05, 4.69) is 5.32 Å². The summed E-state index contributed by atoms with van der Waals surface area (Å²) >= 11 is 18.0. The first kappa shape index (κ1) is 15.1. The Labute approximate surface area is 117 Å². The summed E-state index contributed by atoms with van der Waals surface area (Å²) < 4.78 is 0. The monoisotopic (exact) mass is 295 g/mol. The quantitative estimate of drug-likeness (QED) is 0.803. The number of hydrogen-bond donors (Lipinski definition) is 2. The molecule has 0 aromatic heterocycles. The van der Waals surface area contributed by atoms with Crippen LogP contribution in [0.15, 0.2) is 12.1 Å². The Balaban J connectivity index is 2.69. The lowest BCUT2D eigenvalue weighted by molar-refractivity contribution is 0.182. The second-order valence-corrected chi connectivity index (χ2v) is 5.24. The summed E-state index contributed by atoms with van der Waals surface area (Å²) in [6.07, 6.45) is 0.391. The smallest absolute Gasteiger partial charge is 0.0781 e. The highest BCUT2D eigenvalue weighted by Gasteiger charge is 2.13. The lowest BCUT2D eigenvalue weighted by Crippen LogP contribution is -2.22. The summed E-state index contributed by atoms with van der Waals surface area (Å²) in [6.45, 7) is 4.47. The molecular weight excluding hydrogens is 280 g/mol. The summed E-state index contributed by atoms with van der Waals surface area (Å²) in [7, 11) is 0. The van der Waals surface area contributed by atoms with Crippen molar-refractivity contribution in [3.63, 3.8) is 0 Å². The van der Waals surface area contributed by atoms with E-state index >= 15 is 0 Å². The van der Waals surface area contributed by atoms with Crippen molar-refractivity contribution in [2.75, 3.05) is 6.54 Å². The summed E-state index contributed by atoms with van der Waals surface area (Å²) in [5, 5.41) is 13.8. The van der Waals surface area contributed by atoms with Gasteiger partial charge in [0.15, 0.2) is 0 Å². The van der Waals surface area contributed by atoms with E-state index in [1.165, 1.54) is 0 Å². The largest absolute Gasteiger partial charge is 0.393 e. The summed E-state index contributed by atoms with van der Waals surface area (Å²) in [6, 6.07) is 3.66. The van der Waals surface area contributed by atoms with E-state index in [-0.39, 0.29) is 12.1 Å². The Hall–Kier alpha value is 0.01000. The molecule has 17 heavy (non-hydrogen) atoms. The van der Waals surface area contributed by atoms with E-state index in [4.69, 9.17) is 39.9 Å². The molecule has 0 bridgehead atoms. The molecular formula is C12H16Cl3NO. The van der Waals surface area contributed by atoms with Gasteiger partial charge in [-0.25, -0.2) is 0 Å². The zero-order valence-corrected chi connectivity index (χ0v) is 12.1. The lowest BCUT2D eigenvalue weighted by Gasteiger charge is -2.17. The minimum atomic E-state index is -0.307. The molecule has 0 fully saturated rings. The molecule has 96 valence electrons. The SMILES string of the molecule is CC(O)CCNC(C)c1ccc(Cl)c(Cl)c1Cl. The van der Waals surface area contributed by atoms with Crippen molar-refractivity contribution in [3.05, 3.63) is 32.8 Å². The van der Waals surface area contributed by atoms with Crippen LogP contribution in [0.2, 0.25) is 15.1 Å². The zero-order valence-electron chi connectivity index (χ0n) is 9.80. The first-order chi connectivity index (χ1) is 7.93. The normalized spacial score (nSPS) is 14.7. The number of benzene rings is 1. The van der Waals surface area contributed by atoms with Crippen LogP contribution in [0.4, 0.5) is 0 Å². The predicted octanol–water partition coefficient (Wildman–Crippen LogP) is 4.07. The molecule has 2 nitrogen and oxygen atoms in total. The van der Waals surface area contributed by atoms with Crippen LogP contribution in [0.5, 0.6) is 0 Å². The van der Waals surface area contributed by atoms with Gasteiger partial charge < -0.3 is 10.4 Å². The van der Waals surface area contributed by atoms with Crippen molar-refractivity contribution in [1.82, 2.24) is 5.32 Å². The molecule has 0 saturated heterocycles. The van der Waals surface area contributed by atoms with Gasteiger partial charge in [0, 0.05) is 6.04 Å². The van der Waals surface area contributed by atoms with Crippen molar-refractivity contribution in [2.45, 2.75) is 32.4 Å². The molecule has 1 aromatic carbocycles. The Morgan fingerprint density at radius 2 is 1.82 bits per heavy atom. The Morgan fingerprint density at radius 1 is 1.18 bits per heavy atom. The van der Waals surface area contributed by atoms with Gasteiger partial charge >= 0.3 is 0 Å². The minimum absolute atomic E-state index is 0.0658. The van der Waals surface area contributed by atoms with Crippen molar-refractivity contribution in [1.29, 1.82) is 0 Å². The molecule has 1 rings (SSSR count). The Bertz CT molecular complexity index is 382. The molecule has 0 amide bonds. The standard InChI is InChI=1S/C12H16Cl3NO/c1-7(17)5-6-16-8(2)9-3-4-10(13)12(15)11(9)14/h3-4,7-8,16-17H,5-6H2,1-2H3. The molecule has 0 aliphatic carbocycles.